The standard InChI is InChI=1S/C14H28N2S/c1-12(17-3)7-10-16-9-4-8-15-14(2,11-16)13-5-6-13/h12-13,15H,4-11H2,1-3H3. The van der Waals surface area contributed by atoms with E-state index in [1.165, 1.54) is 51.9 Å². The molecule has 2 aliphatic rings. The molecule has 1 aliphatic carbocycles. The fourth-order valence-electron chi connectivity index (χ4n) is 2.94. The predicted molar refractivity (Wildman–Crippen MR) is 77.8 cm³/mol. The van der Waals surface area contributed by atoms with E-state index in [1.807, 2.05) is 11.8 Å². The van der Waals surface area contributed by atoms with Crippen molar-refractivity contribution in [1.82, 2.24) is 10.2 Å². The second-order valence-corrected chi connectivity index (χ2v) is 7.36. The molecule has 1 N–H and O–H groups in total. The average Bonchev–Trinajstić information content (AvgIpc) is 3.13. The van der Waals surface area contributed by atoms with Gasteiger partial charge in [0.05, 0.1) is 0 Å². The summed E-state index contributed by atoms with van der Waals surface area (Å²) < 4.78 is 0. The largest absolute Gasteiger partial charge is 0.310 e. The lowest BCUT2D eigenvalue weighted by molar-refractivity contribution is 0.199. The van der Waals surface area contributed by atoms with Gasteiger partial charge in [-0.3, -0.25) is 0 Å². The monoisotopic (exact) mass is 256 g/mol. The van der Waals surface area contributed by atoms with Crippen LogP contribution in [0.3, 0.4) is 0 Å². The molecule has 17 heavy (non-hydrogen) atoms. The molecule has 0 bridgehead atoms. The smallest absolute Gasteiger partial charge is 0.0308 e. The molecule has 1 heterocycles. The summed E-state index contributed by atoms with van der Waals surface area (Å²) in [5.41, 5.74) is 0.402. The zero-order valence-electron chi connectivity index (χ0n) is 11.7. The molecule has 100 valence electrons. The van der Waals surface area contributed by atoms with Crippen LogP contribution in [0, 0.1) is 5.92 Å². The van der Waals surface area contributed by atoms with Crippen molar-refractivity contribution >= 4 is 11.8 Å². The molecular formula is C14H28N2S. The lowest BCUT2D eigenvalue weighted by Crippen LogP contribution is -2.51. The van der Waals surface area contributed by atoms with Gasteiger partial charge in [0.15, 0.2) is 0 Å². The first kappa shape index (κ1) is 13.7. The van der Waals surface area contributed by atoms with Crippen LogP contribution in [0.25, 0.3) is 0 Å². The number of rotatable bonds is 5. The summed E-state index contributed by atoms with van der Waals surface area (Å²) in [6, 6.07) is 0. The Morgan fingerprint density at radius 3 is 2.88 bits per heavy atom. The Morgan fingerprint density at radius 1 is 1.47 bits per heavy atom. The highest BCUT2D eigenvalue weighted by Crippen LogP contribution is 2.40. The molecule has 2 rings (SSSR count). The predicted octanol–water partition coefficient (Wildman–Crippen LogP) is 2.59. The van der Waals surface area contributed by atoms with Crippen LogP contribution in [0.15, 0.2) is 0 Å². The van der Waals surface area contributed by atoms with Crippen LogP contribution in [0.2, 0.25) is 0 Å². The van der Waals surface area contributed by atoms with Crippen molar-refractivity contribution in [2.24, 2.45) is 5.92 Å². The van der Waals surface area contributed by atoms with Crippen molar-refractivity contribution < 1.29 is 0 Å². The van der Waals surface area contributed by atoms with Crippen LogP contribution in [-0.4, -0.2) is 48.1 Å². The fraction of sp³-hybridized carbons (Fsp3) is 1.00. The Morgan fingerprint density at radius 2 is 2.24 bits per heavy atom. The third kappa shape index (κ3) is 3.87. The SMILES string of the molecule is CSC(C)CCN1CCCNC(C)(C2CC2)C1. The maximum absolute atomic E-state index is 3.80. The van der Waals surface area contributed by atoms with E-state index in [2.05, 4.69) is 30.3 Å². The fourth-order valence-corrected chi connectivity index (χ4v) is 3.28. The summed E-state index contributed by atoms with van der Waals surface area (Å²) >= 11 is 1.99. The number of hydrogen-bond acceptors (Lipinski definition) is 3. The Labute approximate surface area is 111 Å². The van der Waals surface area contributed by atoms with Crippen molar-refractivity contribution in [3.8, 4) is 0 Å². The van der Waals surface area contributed by atoms with E-state index in [4.69, 9.17) is 0 Å². The van der Waals surface area contributed by atoms with Crippen molar-refractivity contribution in [3.63, 3.8) is 0 Å². The van der Waals surface area contributed by atoms with E-state index in [-0.39, 0.29) is 0 Å². The van der Waals surface area contributed by atoms with Gasteiger partial charge >= 0.3 is 0 Å². The van der Waals surface area contributed by atoms with Crippen molar-refractivity contribution in [2.75, 3.05) is 32.4 Å². The number of nitrogens with one attached hydrogen (secondary N) is 1. The summed E-state index contributed by atoms with van der Waals surface area (Å²) in [6.45, 7) is 9.84. The summed E-state index contributed by atoms with van der Waals surface area (Å²) in [5, 5.41) is 4.61. The number of nitrogens with zero attached hydrogens (tertiary/aromatic N) is 1. The third-order valence-corrected chi connectivity index (χ3v) is 5.51. The molecule has 1 aliphatic heterocycles. The van der Waals surface area contributed by atoms with Gasteiger partial charge in [0.1, 0.15) is 0 Å². The molecule has 0 spiro atoms. The van der Waals surface area contributed by atoms with Crippen LogP contribution in [0.1, 0.15) is 39.5 Å². The second-order valence-electron chi connectivity index (χ2n) is 6.08. The number of thioether (sulfide) groups is 1. The van der Waals surface area contributed by atoms with Gasteiger partial charge in [0.25, 0.3) is 0 Å². The van der Waals surface area contributed by atoms with E-state index >= 15 is 0 Å². The molecule has 1 saturated carbocycles. The molecule has 0 aromatic carbocycles. The molecule has 2 atom stereocenters. The first-order valence-electron chi connectivity index (χ1n) is 7.14. The van der Waals surface area contributed by atoms with Crippen LogP contribution in [-0.2, 0) is 0 Å². The van der Waals surface area contributed by atoms with E-state index in [0.717, 1.165) is 11.2 Å². The molecule has 2 nitrogen and oxygen atoms in total. The second kappa shape index (κ2) is 5.94. The Kier molecular flexibility index (Phi) is 4.79. The summed E-state index contributed by atoms with van der Waals surface area (Å²) in [7, 11) is 0. The van der Waals surface area contributed by atoms with Crippen molar-refractivity contribution in [2.45, 2.75) is 50.3 Å². The van der Waals surface area contributed by atoms with Crippen molar-refractivity contribution in [1.29, 1.82) is 0 Å². The Hall–Kier alpha value is 0.270. The van der Waals surface area contributed by atoms with Gasteiger partial charge in [-0.1, -0.05) is 6.92 Å². The van der Waals surface area contributed by atoms with Crippen LogP contribution >= 0.6 is 11.8 Å². The summed E-state index contributed by atoms with van der Waals surface area (Å²) in [5.74, 6) is 0.945. The minimum Gasteiger partial charge on any atom is -0.310 e. The lowest BCUT2D eigenvalue weighted by Gasteiger charge is -2.34. The maximum atomic E-state index is 3.80. The number of hydrogen-bond donors (Lipinski definition) is 1. The van der Waals surface area contributed by atoms with Crippen LogP contribution < -0.4 is 5.32 Å². The van der Waals surface area contributed by atoms with E-state index < -0.39 is 0 Å². The van der Waals surface area contributed by atoms with Crippen LogP contribution in [0.4, 0.5) is 0 Å². The average molecular weight is 256 g/mol. The summed E-state index contributed by atoms with van der Waals surface area (Å²) in [4.78, 5) is 2.70. The molecule has 3 heteroatoms. The molecule has 1 saturated heterocycles. The third-order valence-electron chi connectivity index (χ3n) is 4.46. The van der Waals surface area contributed by atoms with Gasteiger partial charge in [-0.05, 0) is 64.4 Å². The first-order valence-corrected chi connectivity index (χ1v) is 8.43. The normalized spacial score (nSPS) is 33.4. The van der Waals surface area contributed by atoms with Crippen LogP contribution in [0.5, 0.6) is 0 Å². The Bertz CT molecular complexity index is 242. The topological polar surface area (TPSA) is 15.3 Å². The first-order chi connectivity index (χ1) is 8.14. The van der Waals surface area contributed by atoms with E-state index in [0.29, 0.717) is 5.54 Å². The Balaban J connectivity index is 1.84. The van der Waals surface area contributed by atoms with Gasteiger partial charge in [-0.15, -0.1) is 0 Å². The highest BCUT2D eigenvalue weighted by molar-refractivity contribution is 7.99. The zero-order valence-corrected chi connectivity index (χ0v) is 12.5. The quantitative estimate of drug-likeness (QED) is 0.814. The van der Waals surface area contributed by atoms with Gasteiger partial charge in [0.2, 0.25) is 0 Å². The van der Waals surface area contributed by atoms with Gasteiger partial charge in [-0.2, -0.15) is 11.8 Å². The highest BCUT2D eigenvalue weighted by atomic mass is 32.2. The van der Waals surface area contributed by atoms with Gasteiger partial charge in [0, 0.05) is 17.3 Å². The maximum Gasteiger partial charge on any atom is 0.0308 e. The van der Waals surface area contributed by atoms with Crippen molar-refractivity contribution in [3.05, 3.63) is 0 Å². The van der Waals surface area contributed by atoms with Gasteiger partial charge < -0.3 is 10.2 Å². The minimum atomic E-state index is 0.402. The molecule has 0 aromatic heterocycles. The molecule has 2 fully saturated rings. The van der Waals surface area contributed by atoms with Gasteiger partial charge in [-0.25, -0.2) is 0 Å². The summed E-state index contributed by atoms with van der Waals surface area (Å²) in [6.07, 6.45) is 7.76. The molecule has 2 unspecified atom stereocenters. The van der Waals surface area contributed by atoms with E-state index in [9.17, 15) is 0 Å². The molecule has 0 radical (unpaired) electrons. The molecule has 0 amide bonds. The zero-order chi connectivity index (χ0) is 12.3. The molecule has 0 aromatic rings. The highest BCUT2D eigenvalue weighted by Gasteiger charge is 2.42. The molecular weight excluding hydrogens is 228 g/mol. The lowest BCUT2D eigenvalue weighted by atomic mass is 9.95. The van der Waals surface area contributed by atoms with E-state index in [1.54, 1.807) is 0 Å². The minimum absolute atomic E-state index is 0.402.